The third kappa shape index (κ3) is 4.07. The second kappa shape index (κ2) is 9.36. The van der Waals surface area contributed by atoms with Crippen LogP contribution in [0.1, 0.15) is 40.3 Å². The Hall–Kier alpha value is -3.35. The summed E-state index contributed by atoms with van der Waals surface area (Å²) < 4.78 is 7.80. The average Bonchev–Trinajstić information content (AvgIpc) is 3.31. The van der Waals surface area contributed by atoms with E-state index in [2.05, 4.69) is 47.7 Å². The van der Waals surface area contributed by atoms with Gasteiger partial charge in [0.25, 0.3) is 0 Å². The molecule has 0 saturated carbocycles. The van der Waals surface area contributed by atoms with E-state index >= 15 is 0 Å². The first-order chi connectivity index (χ1) is 16.9. The molecule has 7 heteroatoms. The number of hydrogen-bond donors (Lipinski definition) is 1. The van der Waals surface area contributed by atoms with E-state index < -0.39 is 0 Å². The Labute approximate surface area is 216 Å². The summed E-state index contributed by atoms with van der Waals surface area (Å²) in [6, 6.07) is 21.7. The molecule has 0 spiro atoms. The fourth-order valence-corrected chi connectivity index (χ4v) is 5.66. The number of aromatic nitrogens is 2. The standard InChI is InChI=1S/C28H27ClN4OS/c1-17-18(2)32(21-10-7-9-20(29)15-21)19(3)25(17)27-26(24-13-5-6-14-30-24)31-28(35)33(27)22-11-8-12-23(16-22)34-4/h5-16,26-27H,1-4H3,(H,31,35)/t26-,27-/m0/s1. The van der Waals surface area contributed by atoms with E-state index in [0.29, 0.717) is 10.1 Å². The summed E-state index contributed by atoms with van der Waals surface area (Å²) in [5.74, 6) is 0.784. The number of anilines is 1. The molecule has 35 heavy (non-hydrogen) atoms. The van der Waals surface area contributed by atoms with Gasteiger partial charge in [-0.3, -0.25) is 4.98 Å². The minimum Gasteiger partial charge on any atom is -0.497 e. The van der Waals surface area contributed by atoms with E-state index in [1.807, 2.05) is 60.8 Å². The Kier molecular flexibility index (Phi) is 6.26. The molecular formula is C28H27ClN4OS. The molecule has 2 atom stereocenters. The number of hydrogen-bond acceptors (Lipinski definition) is 3. The van der Waals surface area contributed by atoms with Gasteiger partial charge in [0.05, 0.1) is 24.9 Å². The lowest BCUT2D eigenvalue weighted by Crippen LogP contribution is -2.29. The van der Waals surface area contributed by atoms with Crippen LogP contribution >= 0.6 is 23.8 Å². The van der Waals surface area contributed by atoms with Crippen LogP contribution in [-0.4, -0.2) is 21.8 Å². The second-order valence-corrected chi connectivity index (χ2v) is 9.55. The van der Waals surface area contributed by atoms with Crippen LogP contribution in [-0.2, 0) is 0 Å². The highest BCUT2D eigenvalue weighted by Crippen LogP contribution is 2.45. The number of methoxy groups -OCH3 is 1. The van der Waals surface area contributed by atoms with E-state index in [0.717, 1.165) is 28.5 Å². The zero-order valence-corrected chi connectivity index (χ0v) is 21.7. The minimum atomic E-state index is -0.123. The topological polar surface area (TPSA) is 42.3 Å². The second-order valence-electron chi connectivity index (χ2n) is 8.72. The number of thiocarbonyl (C=S) groups is 1. The summed E-state index contributed by atoms with van der Waals surface area (Å²) in [6.07, 6.45) is 1.83. The van der Waals surface area contributed by atoms with Crippen molar-refractivity contribution in [1.82, 2.24) is 14.9 Å². The SMILES string of the molecule is COc1cccc(N2C(=S)N[C@@H](c3ccccn3)[C@@H]2c2c(C)c(C)n(-c3cccc(Cl)c3)c2C)c1. The van der Waals surface area contributed by atoms with Crippen molar-refractivity contribution < 1.29 is 4.74 Å². The van der Waals surface area contributed by atoms with Gasteiger partial charge in [0.15, 0.2) is 5.11 Å². The van der Waals surface area contributed by atoms with Crippen LogP contribution in [0.5, 0.6) is 5.75 Å². The van der Waals surface area contributed by atoms with Crippen molar-refractivity contribution >= 4 is 34.6 Å². The monoisotopic (exact) mass is 502 g/mol. The molecule has 1 aliphatic rings. The lowest BCUT2D eigenvalue weighted by molar-refractivity contribution is 0.415. The first-order valence-corrected chi connectivity index (χ1v) is 12.3. The maximum atomic E-state index is 6.36. The molecule has 0 unspecified atom stereocenters. The maximum Gasteiger partial charge on any atom is 0.174 e. The molecule has 1 aliphatic heterocycles. The Morgan fingerprint density at radius 2 is 1.71 bits per heavy atom. The average molecular weight is 503 g/mol. The highest BCUT2D eigenvalue weighted by Gasteiger charge is 2.43. The fraction of sp³-hybridized carbons (Fsp3) is 0.214. The number of pyridine rings is 1. The number of ether oxygens (including phenoxy) is 1. The molecule has 0 radical (unpaired) electrons. The lowest BCUT2D eigenvalue weighted by Gasteiger charge is -2.29. The van der Waals surface area contributed by atoms with Crippen LogP contribution in [0.3, 0.4) is 0 Å². The van der Waals surface area contributed by atoms with Gasteiger partial charge >= 0.3 is 0 Å². The van der Waals surface area contributed by atoms with Crippen molar-refractivity contribution in [2.45, 2.75) is 32.9 Å². The van der Waals surface area contributed by atoms with E-state index in [9.17, 15) is 0 Å². The van der Waals surface area contributed by atoms with Crippen molar-refractivity contribution in [3.05, 3.63) is 106 Å². The summed E-state index contributed by atoms with van der Waals surface area (Å²) in [7, 11) is 1.68. The smallest absolute Gasteiger partial charge is 0.174 e. The highest BCUT2D eigenvalue weighted by molar-refractivity contribution is 7.80. The zero-order chi connectivity index (χ0) is 24.7. The third-order valence-corrected chi connectivity index (χ3v) is 7.35. The number of nitrogens with zero attached hydrogens (tertiary/aromatic N) is 3. The van der Waals surface area contributed by atoms with Gasteiger partial charge in [-0.25, -0.2) is 0 Å². The molecule has 0 aliphatic carbocycles. The molecule has 2 aromatic carbocycles. The molecule has 4 aromatic rings. The molecule has 1 N–H and O–H groups in total. The Bertz CT molecular complexity index is 1400. The van der Waals surface area contributed by atoms with Gasteiger partial charge in [0.2, 0.25) is 0 Å². The van der Waals surface area contributed by atoms with Crippen molar-refractivity contribution in [2.75, 3.05) is 12.0 Å². The number of rotatable bonds is 5. The Morgan fingerprint density at radius 3 is 2.43 bits per heavy atom. The van der Waals surface area contributed by atoms with Gasteiger partial charge in [-0.15, -0.1) is 0 Å². The molecule has 0 bridgehead atoms. The zero-order valence-electron chi connectivity index (χ0n) is 20.1. The van der Waals surface area contributed by atoms with Gasteiger partial charge in [0, 0.05) is 45.6 Å². The van der Waals surface area contributed by atoms with Crippen LogP contribution in [0, 0.1) is 20.8 Å². The molecule has 1 saturated heterocycles. The molecule has 5 rings (SSSR count). The molecular weight excluding hydrogens is 476 g/mol. The maximum absolute atomic E-state index is 6.36. The number of halogens is 1. The van der Waals surface area contributed by atoms with Crippen LogP contribution in [0.25, 0.3) is 5.69 Å². The number of nitrogens with one attached hydrogen (secondary N) is 1. The molecule has 5 nitrogen and oxygen atoms in total. The van der Waals surface area contributed by atoms with Crippen molar-refractivity contribution in [3.63, 3.8) is 0 Å². The predicted molar refractivity (Wildman–Crippen MR) is 146 cm³/mol. The molecule has 0 amide bonds. The predicted octanol–water partition coefficient (Wildman–Crippen LogP) is 6.64. The van der Waals surface area contributed by atoms with Gasteiger partial charge < -0.3 is 19.5 Å². The van der Waals surface area contributed by atoms with E-state index in [-0.39, 0.29) is 12.1 Å². The number of benzene rings is 2. The van der Waals surface area contributed by atoms with E-state index in [1.54, 1.807) is 7.11 Å². The van der Waals surface area contributed by atoms with Crippen LogP contribution in [0.15, 0.2) is 72.9 Å². The quantitative estimate of drug-likeness (QED) is 0.310. The van der Waals surface area contributed by atoms with Crippen LogP contribution in [0.4, 0.5) is 5.69 Å². The highest BCUT2D eigenvalue weighted by atomic mass is 35.5. The fourth-order valence-electron chi connectivity index (χ4n) is 5.13. The van der Waals surface area contributed by atoms with Crippen LogP contribution in [0.2, 0.25) is 5.02 Å². The van der Waals surface area contributed by atoms with Gasteiger partial charge in [0.1, 0.15) is 5.75 Å². The molecule has 3 heterocycles. The normalized spacial score (nSPS) is 17.5. The molecule has 178 valence electrons. The van der Waals surface area contributed by atoms with Gasteiger partial charge in [-0.05, 0) is 81.0 Å². The summed E-state index contributed by atoms with van der Waals surface area (Å²) in [5.41, 5.74) is 7.70. The first-order valence-electron chi connectivity index (χ1n) is 11.5. The van der Waals surface area contributed by atoms with Crippen molar-refractivity contribution in [3.8, 4) is 11.4 Å². The van der Waals surface area contributed by atoms with E-state index in [1.165, 1.54) is 16.8 Å². The van der Waals surface area contributed by atoms with E-state index in [4.69, 9.17) is 33.5 Å². The largest absolute Gasteiger partial charge is 0.497 e. The van der Waals surface area contributed by atoms with Crippen LogP contribution < -0.4 is 15.0 Å². The Balaban J connectivity index is 1.73. The van der Waals surface area contributed by atoms with Crippen molar-refractivity contribution in [2.24, 2.45) is 0 Å². The summed E-state index contributed by atoms with van der Waals surface area (Å²) in [4.78, 5) is 6.88. The molecule has 1 fully saturated rings. The summed E-state index contributed by atoms with van der Waals surface area (Å²) in [6.45, 7) is 6.50. The Morgan fingerprint density at radius 1 is 0.943 bits per heavy atom. The van der Waals surface area contributed by atoms with Gasteiger partial charge in [-0.1, -0.05) is 29.8 Å². The van der Waals surface area contributed by atoms with Gasteiger partial charge in [-0.2, -0.15) is 0 Å². The minimum absolute atomic E-state index is 0.108. The first kappa shape index (κ1) is 23.4. The van der Waals surface area contributed by atoms with Crippen molar-refractivity contribution in [1.29, 1.82) is 0 Å². The summed E-state index contributed by atoms with van der Waals surface area (Å²) in [5, 5.41) is 4.93. The summed E-state index contributed by atoms with van der Waals surface area (Å²) >= 11 is 12.3. The third-order valence-electron chi connectivity index (χ3n) is 6.80. The lowest BCUT2D eigenvalue weighted by atomic mass is 9.93. The molecule has 2 aromatic heterocycles.